The van der Waals surface area contributed by atoms with Crippen LogP contribution >= 0.6 is 0 Å². The van der Waals surface area contributed by atoms with Crippen molar-refractivity contribution in [2.45, 2.75) is 6.54 Å². The average molecular weight is 237 g/mol. The van der Waals surface area contributed by atoms with Gasteiger partial charge >= 0.3 is 0 Å². The minimum atomic E-state index is 0.648. The second-order valence-corrected chi connectivity index (χ2v) is 4.15. The Bertz CT molecular complexity index is 744. The van der Waals surface area contributed by atoms with Crippen LogP contribution in [0.5, 0.6) is 0 Å². The van der Waals surface area contributed by atoms with Gasteiger partial charge in [-0.3, -0.25) is 0 Å². The van der Waals surface area contributed by atoms with Crippen LogP contribution in [0.1, 0.15) is 11.4 Å². The molecule has 0 spiro atoms. The van der Waals surface area contributed by atoms with E-state index in [2.05, 4.69) is 20.8 Å². The maximum Gasteiger partial charge on any atom is 0.152 e. The summed E-state index contributed by atoms with van der Waals surface area (Å²) in [4.78, 5) is 0. The predicted molar refractivity (Wildman–Crippen MR) is 66.8 cm³/mol. The van der Waals surface area contributed by atoms with Crippen molar-refractivity contribution >= 4 is 10.9 Å². The highest BCUT2D eigenvalue weighted by Gasteiger charge is 2.07. The van der Waals surface area contributed by atoms with Gasteiger partial charge in [-0.05, 0) is 18.2 Å². The van der Waals surface area contributed by atoms with E-state index < -0.39 is 0 Å². The molecular weight excluding hydrogens is 226 g/mol. The summed E-state index contributed by atoms with van der Waals surface area (Å²) < 4.78 is 3.96. The number of nitriles is 1. The first-order chi connectivity index (χ1) is 8.79. The van der Waals surface area contributed by atoms with Crippen LogP contribution in [0.3, 0.4) is 0 Å². The molecule has 0 aliphatic rings. The standard InChI is InChI=1S/C13H11N5/c1-17-9-15-16-13(17)8-18-6-5-11-10(7-14)3-2-4-12(11)18/h2-6,9H,8H2,1H3. The number of fused-ring (bicyclic) bond motifs is 1. The summed E-state index contributed by atoms with van der Waals surface area (Å²) in [5, 5.41) is 18.0. The molecule has 0 saturated carbocycles. The quantitative estimate of drug-likeness (QED) is 0.681. The largest absolute Gasteiger partial charge is 0.340 e. The number of nitrogens with zero attached hydrogens (tertiary/aromatic N) is 5. The first-order valence-electron chi connectivity index (χ1n) is 5.60. The number of hydrogen-bond acceptors (Lipinski definition) is 3. The van der Waals surface area contributed by atoms with E-state index in [0.717, 1.165) is 16.7 Å². The number of aryl methyl sites for hydroxylation is 1. The fourth-order valence-electron chi connectivity index (χ4n) is 2.06. The molecule has 88 valence electrons. The predicted octanol–water partition coefficient (Wildman–Crippen LogP) is 1.69. The van der Waals surface area contributed by atoms with Gasteiger partial charge in [-0.15, -0.1) is 10.2 Å². The van der Waals surface area contributed by atoms with Gasteiger partial charge in [0.1, 0.15) is 6.33 Å². The molecule has 0 fully saturated rings. The average Bonchev–Trinajstić information content (AvgIpc) is 2.97. The Hall–Kier alpha value is -2.61. The van der Waals surface area contributed by atoms with Crippen molar-refractivity contribution in [3.05, 3.63) is 48.2 Å². The highest BCUT2D eigenvalue weighted by atomic mass is 15.3. The summed E-state index contributed by atoms with van der Waals surface area (Å²) in [5.41, 5.74) is 1.74. The molecule has 0 unspecified atom stereocenters. The van der Waals surface area contributed by atoms with E-state index >= 15 is 0 Å². The van der Waals surface area contributed by atoms with Crippen LogP contribution < -0.4 is 0 Å². The normalized spacial score (nSPS) is 10.7. The highest BCUT2D eigenvalue weighted by Crippen LogP contribution is 2.20. The number of aromatic nitrogens is 4. The molecule has 2 aromatic heterocycles. The molecule has 0 atom stereocenters. The van der Waals surface area contributed by atoms with Gasteiger partial charge in [-0.25, -0.2) is 0 Å². The summed E-state index contributed by atoms with van der Waals surface area (Å²) in [6.07, 6.45) is 3.65. The van der Waals surface area contributed by atoms with E-state index in [4.69, 9.17) is 5.26 Å². The number of benzene rings is 1. The molecular formula is C13H11N5. The molecule has 2 heterocycles. The zero-order valence-electron chi connectivity index (χ0n) is 9.91. The molecule has 3 rings (SSSR count). The van der Waals surface area contributed by atoms with Gasteiger partial charge in [-0.2, -0.15) is 5.26 Å². The van der Waals surface area contributed by atoms with Crippen molar-refractivity contribution in [3.63, 3.8) is 0 Å². The van der Waals surface area contributed by atoms with Crippen molar-refractivity contribution in [2.24, 2.45) is 7.05 Å². The lowest BCUT2D eigenvalue weighted by atomic mass is 10.1. The van der Waals surface area contributed by atoms with Crippen LogP contribution in [0.15, 0.2) is 36.8 Å². The third-order valence-corrected chi connectivity index (χ3v) is 3.05. The maximum atomic E-state index is 9.06. The van der Waals surface area contributed by atoms with Crippen LogP contribution in [0.4, 0.5) is 0 Å². The van der Waals surface area contributed by atoms with E-state index in [1.807, 2.05) is 42.1 Å². The van der Waals surface area contributed by atoms with Gasteiger partial charge < -0.3 is 9.13 Å². The van der Waals surface area contributed by atoms with Crippen LogP contribution in [0.25, 0.3) is 10.9 Å². The molecule has 0 amide bonds. The smallest absolute Gasteiger partial charge is 0.152 e. The monoisotopic (exact) mass is 237 g/mol. The van der Waals surface area contributed by atoms with E-state index in [1.54, 1.807) is 6.33 Å². The maximum absolute atomic E-state index is 9.06. The van der Waals surface area contributed by atoms with Gasteiger partial charge in [0.25, 0.3) is 0 Å². The summed E-state index contributed by atoms with van der Waals surface area (Å²) >= 11 is 0. The summed E-state index contributed by atoms with van der Waals surface area (Å²) in [6, 6.07) is 9.90. The van der Waals surface area contributed by atoms with Crippen LogP contribution in [-0.4, -0.2) is 19.3 Å². The lowest BCUT2D eigenvalue weighted by molar-refractivity contribution is 0.716. The molecule has 3 aromatic rings. The van der Waals surface area contributed by atoms with Gasteiger partial charge in [0.15, 0.2) is 5.82 Å². The van der Waals surface area contributed by atoms with Gasteiger partial charge in [0, 0.05) is 24.1 Å². The van der Waals surface area contributed by atoms with Crippen molar-refractivity contribution < 1.29 is 0 Å². The van der Waals surface area contributed by atoms with Crippen molar-refractivity contribution in [3.8, 4) is 6.07 Å². The van der Waals surface area contributed by atoms with E-state index in [0.29, 0.717) is 12.1 Å². The second kappa shape index (κ2) is 4.00. The fourth-order valence-corrected chi connectivity index (χ4v) is 2.06. The minimum Gasteiger partial charge on any atom is -0.340 e. The minimum absolute atomic E-state index is 0.648. The van der Waals surface area contributed by atoms with Crippen molar-refractivity contribution in [1.82, 2.24) is 19.3 Å². The Morgan fingerprint density at radius 2 is 2.22 bits per heavy atom. The number of rotatable bonds is 2. The first kappa shape index (κ1) is 10.5. The third-order valence-electron chi connectivity index (χ3n) is 3.05. The van der Waals surface area contributed by atoms with Crippen LogP contribution in [0.2, 0.25) is 0 Å². The summed E-state index contributed by atoms with van der Waals surface area (Å²) in [6.45, 7) is 0.648. The Morgan fingerprint density at radius 1 is 1.33 bits per heavy atom. The van der Waals surface area contributed by atoms with Gasteiger partial charge in [0.2, 0.25) is 0 Å². The fraction of sp³-hybridized carbons (Fsp3) is 0.154. The molecule has 5 nitrogen and oxygen atoms in total. The second-order valence-electron chi connectivity index (χ2n) is 4.15. The lowest BCUT2D eigenvalue weighted by Crippen LogP contribution is -2.04. The van der Waals surface area contributed by atoms with E-state index in [9.17, 15) is 0 Å². The topological polar surface area (TPSA) is 59.4 Å². The zero-order valence-corrected chi connectivity index (χ0v) is 9.91. The Morgan fingerprint density at radius 3 is 2.94 bits per heavy atom. The molecule has 5 heteroatoms. The van der Waals surface area contributed by atoms with Crippen molar-refractivity contribution in [2.75, 3.05) is 0 Å². The summed E-state index contributed by atoms with van der Waals surface area (Å²) in [5.74, 6) is 0.884. The van der Waals surface area contributed by atoms with Crippen molar-refractivity contribution in [1.29, 1.82) is 5.26 Å². The Kier molecular flexibility index (Phi) is 2.34. The SMILES string of the molecule is Cn1cnnc1Cn1ccc2c(C#N)cccc21. The Labute approximate surface area is 104 Å². The molecule has 0 saturated heterocycles. The highest BCUT2D eigenvalue weighted by molar-refractivity contribution is 5.86. The molecule has 18 heavy (non-hydrogen) atoms. The molecule has 0 aliphatic heterocycles. The third kappa shape index (κ3) is 1.55. The molecule has 0 N–H and O–H groups in total. The molecule has 1 aromatic carbocycles. The van der Waals surface area contributed by atoms with Gasteiger partial charge in [0.05, 0.1) is 18.2 Å². The molecule has 0 aliphatic carbocycles. The van der Waals surface area contributed by atoms with E-state index in [1.165, 1.54) is 0 Å². The first-order valence-corrected chi connectivity index (χ1v) is 5.60. The molecule has 0 bridgehead atoms. The zero-order chi connectivity index (χ0) is 12.5. The number of hydrogen-bond donors (Lipinski definition) is 0. The molecule has 0 radical (unpaired) electrons. The van der Waals surface area contributed by atoms with E-state index in [-0.39, 0.29) is 0 Å². The van der Waals surface area contributed by atoms with Gasteiger partial charge in [-0.1, -0.05) is 6.07 Å². The lowest BCUT2D eigenvalue weighted by Gasteiger charge is -2.04. The summed E-state index contributed by atoms with van der Waals surface area (Å²) in [7, 11) is 1.92. The van der Waals surface area contributed by atoms with Crippen LogP contribution in [0, 0.1) is 11.3 Å². The van der Waals surface area contributed by atoms with Crippen LogP contribution in [-0.2, 0) is 13.6 Å². The Balaban J connectivity index is 2.09.